The van der Waals surface area contributed by atoms with Crippen molar-refractivity contribution in [3.05, 3.63) is 52.8 Å². The van der Waals surface area contributed by atoms with Crippen LogP contribution in [0.2, 0.25) is 0 Å². The van der Waals surface area contributed by atoms with Crippen molar-refractivity contribution in [2.75, 3.05) is 12.3 Å². The molecule has 1 heterocycles. The summed E-state index contributed by atoms with van der Waals surface area (Å²) in [6.07, 6.45) is 0.700. The highest BCUT2D eigenvalue weighted by Gasteiger charge is 1.98. The van der Waals surface area contributed by atoms with Gasteiger partial charge in [-0.1, -0.05) is 18.2 Å². The van der Waals surface area contributed by atoms with Crippen LogP contribution in [0.25, 0.3) is 0 Å². The van der Waals surface area contributed by atoms with Gasteiger partial charge in [0.05, 0.1) is 6.61 Å². The number of hydrogen-bond acceptors (Lipinski definition) is 4. The number of nitrogens with zero attached hydrogens (tertiary/aromatic N) is 2. The van der Waals surface area contributed by atoms with E-state index >= 15 is 0 Å². The van der Waals surface area contributed by atoms with E-state index in [1.165, 1.54) is 16.8 Å². The van der Waals surface area contributed by atoms with E-state index < -0.39 is 0 Å². The second-order valence-corrected chi connectivity index (χ2v) is 3.83. The van der Waals surface area contributed by atoms with Crippen LogP contribution in [0.1, 0.15) is 6.42 Å². The summed E-state index contributed by atoms with van der Waals surface area (Å²) < 4.78 is 6.87. The van der Waals surface area contributed by atoms with Crippen LogP contribution in [0.3, 0.4) is 0 Å². The lowest BCUT2D eigenvalue weighted by Crippen LogP contribution is -2.23. The van der Waals surface area contributed by atoms with Crippen molar-refractivity contribution in [3.63, 3.8) is 0 Å². The molecule has 5 nitrogen and oxygen atoms in total. The standard InChI is InChI=1S/C13H15N3O2/c14-12-7-8-13(17)16(15-12)9-4-10-18-11-5-2-1-3-6-11/h1-3,5-8H,4,9-10H2,(H2,14,15). The summed E-state index contributed by atoms with van der Waals surface area (Å²) in [5.41, 5.74) is 5.37. The van der Waals surface area contributed by atoms with Gasteiger partial charge in [-0.25, -0.2) is 4.68 Å². The number of nitrogen functional groups attached to an aromatic ring is 1. The number of para-hydroxylation sites is 1. The average Bonchev–Trinajstić information content (AvgIpc) is 2.40. The van der Waals surface area contributed by atoms with E-state index in [2.05, 4.69) is 5.10 Å². The van der Waals surface area contributed by atoms with Crippen LogP contribution in [-0.2, 0) is 6.54 Å². The van der Waals surface area contributed by atoms with Gasteiger partial charge in [0.25, 0.3) is 5.56 Å². The molecule has 0 aliphatic heterocycles. The third-order valence-electron chi connectivity index (χ3n) is 2.41. The quantitative estimate of drug-likeness (QED) is 0.806. The molecule has 0 aliphatic carbocycles. The molecule has 0 atom stereocenters. The molecule has 0 amide bonds. The number of aryl methyl sites for hydroxylation is 1. The van der Waals surface area contributed by atoms with Crippen LogP contribution in [0.15, 0.2) is 47.3 Å². The second-order valence-electron chi connectivity index (χ2n) is 3.83. The minimum Gasteiger partial charge on any atom is -0.494 e. The molecule has 1 aromatic carbocycles. The van der Waals surface area contributed by atoms with E-state index in [1.807, 2.05) is 30.3 Å². The summed E-state index contributed by atoms with van der Waals surface area (Å²) >= 11 is 0. The van der Waals surface area contributed by atoms with E-state index in [0.717, 1.165) is 5.75 Å². The molecular formula is C13H15N3O2. The SMILES string of the molecule is Nc1ccc(=O)n(CCCOc2ccccc2)n1. The van der Waals surface area contributed by atoms with Gasteiger partial charge >= 0.3 is 0 Å². The zero-order chi connectivity index (χ0) is 12.8. The number of benzene rings is 1. The molecule has 2 aromatic rings. The lowest BCUT2D eigenvalue weighted by molar-refractivity contribution is 0.297. The first-order valence-electron chi connectivity index (χ1n) is 5.77. The second kappa shape index (κ2) is 5.86. The highest BCUT2D eigenvalue weighted by Crippen LogP contribution is 2.08. The molecule has 2 rings (SSSR count). The first kappa shape index (κ1) is 12.2. The minimum atomic E-state index is -0.149. The van der Waals surface area contributed by atoms with Crippen molar-refractivity contribution in [3.8, 4) is 5.75 Å². The largest absolute Gasteiger partial charge is 0.494 e. The average molecular weight is 245 g/mol. The maximum Gasteiger partial charge on any atom is 0.266 e. The summed E-state index contributed by atoms with van der Waals surface area (Å²) in [5.74, 6) is 1.17. The molecule has 1 aromatic heterocycles. The lowest BCUT2D eigenvalue weighted by atomic mass is 10.3. The molecule has 0 fully saturated rings. The van der Waals surface area contributed by atoms with Crippen LogP contribution >= 0.6 is 0 Å². The molecule has 2 N–H and O–H groups in total. The van der Waals surface area contributed by atoms with Gasteiger partial charge in [-0.3, -0.25) is 4.79 Å². The molecule has 0 saturated carbocycles. The van der Waals surface area contributed by atoms with Crippen LogP contribution in [0.5, 0.6) is 5.75 Å². The lowest BCUT2D eigenvalue weighted by Gasteiger charge is -2.07. The Bertz CT molecular complexity index is 552. The third-order valence-corrected chi connectivity index (χ3v) is 2.41. The molecule has 5 heteroatoms. The van der Waals surface area contributed by atoms with Gasteiger partial charge < -0.3 is 10.5 Å². The van der Waals surface area contributed by atoms with E-state index in [4.69, 9.17) is 10.5 Å². The van der Waals surface area contributed by atoms with Crippen molar-refractivity contribution in [1.82, 2.24) is 9.78 Å². The van der Waals surface area contributed by atoms with Crippen LogP contribution in [0.4, 0.5) is 5.82 Å². The number of ether oxygens (including phenoxy) is 1. The van der Waals surface area contributed by atoms with Gasteiger partial charge in [0, 0.05) is 19.0 Å². The van der Waals surface area contributed by atoms with Crippen molar-refractivity contribution in [2.45, 2.75) is 13.0 Å². The highest BCUT2D eigenvalue weighted by molar-refractivity contribution is 5.23. The molecule has 0 aliphatic rings. The van der Waals surface area contributed by atoms with Crippen LogP contribution in [0, 0.1) is 0 Å². The number of nitrogens with two attached hydrogens (primary N) is 1. The number of hydrogen-bond donors (Lipinski definition) is 1. The Morgan fingerprint density at radius 1 is 1.17 bits per heavy atom. The Kier molecular flexibility index (Phi) is 3.96. The van der Waals surface area contributed by atoms with Gasteiger partial charge in [0.1, 0.15) is 11.6 Å². The number of anilines is 1. The van der Waals surface area contributed by atoms with E-state index in [-0.39, 0.29) is 5.56 Å². The summed E-state index contributed by atoms with van der Waals surface area (Å²) in [6, 6.07) is 12.5. The predicted molar refractivity (Wildman–Crippen MR) is 69.5 cm³/mol. The van der Waals surface area contributed by atoms with Crippen molar-refractivity contribution >= 4 is 5.82 Å². The molecule has 0 saturated heterocycles. The van der Waals surface area contributed by atoms with Crippen molar-refractivity contribution in [1.29, 1.82) is 0 Å². The Labute approximate surface area is 105 Å². The fourth-order valence-corrected chi connectivity index (χ4v) is 1.55. The molecular weight excluding hydrogens is 230 g/mol. The maximum atomic E-state index is 11.4. The Balaban J connectivity index is 1.82. The molecule has 0 bridgehead atoms. The molecule has 0 radical (unpaired) electrons. The summed E-state index contributed by atoms with van der Waals surface area (Å²) in [7, 11) is 0. The number of rotatable bonds is 5. The fourth-order valence-electron chi connectivity index (χ4n) is 1.55. The maximum absolute atomic E-state index is 11.4. The van der Waals surface area contributed by atoms with Crippen molar-refractivity contribution in [2.24, 2.45) is 0 Å². The van der Waals surface area contributed by atoms with Crippen molar-refractivity contribution < 1.29 is 4.74 Å². The van der Waals surface area contributed by atoms with Gasteiger partial charge in [-0.05, 0) is 18.2 Å². The van der Waals surface area contributed by atoms with Gasteiger partial charge in [0.15, 0.2) is 0 Å². The highest BCUT2D eigenvalue weighted by atomic mass is 16.5. The fraction of sp³-hybridized carbons (Fsp3) is 0.231. The van der Waals surface area contributed by atoms with Gasteiger partial charge in [-0.15, -0.1) is 0 Å². The predicted octanol–water partition coefficient (Wildman–Crippen LogP) is 1.29. The summed E-state index contributed by atoms with van der Waals surface area (Å²) in [4.78, 5) is 11.4. The zero-order valence-electron chi connectivity index (χ0n) is 9.95. The Morgan fingerprint density at radius 2 is 1.94 bits per heavy atom. The van der Waals surface area contributed by atoms with E-state index in [1.54, 1.807) is 0 Å². The Hall–Kier alpha value is -2.30. The minimum absolute atomic E-state index is 0.149. The molecule has 0 unspecified atom stereocenters. The van der Waals surface area contributed by atoms with Crippen LogP contribution in [-0.4, -0.2) is 16.4 Å². The van der Waals surface area contributed by atoms with E-state index in [9.17, 15) is 4.79 Å². The monoisotopic (exact) mass is 245 g/mol. The van der Waals surface area contributed by atoms with Gasteiger partial charge in [0.2, 0.25) is 0 Å². The summed E-state index contributed by atoms with van der Waals surface area (Å²) in [5, 5.41) is 3.94. The smallest absolute Gasteiger partial charge is 0.266 e. The molecule has 94 valence electrons. The normalized spacial score (nSPS) is 10.2. The molecule has 18 heavy (non-hydrogen) atoms. The Morgan fingerprint density at radius 3 is 2.72 bits per heavy atom. The van der Waals surface area contributed by atoms with E-state index in [0.29, 0.717) is 25.4 Å². The first-order chi connectivity index (χ1) is 8.75. The summed E-state index contributed by atoms with van der Waals surface area (Å²) in [6.45, 7) is 1.03. The topological polar surface area (TPSA) is 70.1 Å². The zero-order valence-corrected chi connectivity index (χ0v) is 9.95. The van der Waals surface area contributed by atoms with Crippen LogP contribution < -0.4 is 16.0 Å². The molecule has 0 spiro atoms. The first-order valence-corrected chi connectivity index (χ1v) is 5.77. The van der Waals surface area contributed by atoms with Gasteiger partial charge in [-0.2, -0.15) is 5.10 Å². The third kappa shape index (κ3) is 3.35. The number of aromatic nitrogens is 2.